The van der Waals surface area contributed by atoms with Gasteiger partial charge in [0.05, 0.1) is 5.54 Å². The van der Waals surface area contributed by atoms with Crippen LogP contribution >= 0.6 is 0 Å². The highest BCUT2D eigenvalue weighted by molar-refractivity contribution is 5.86. The molecule has 120 valence electrons. The highest BCUT2D eigenvalue weighted by Gasteiger charge is 2.40. The Morgan fingerprint density at radius 3 is 2.86 bits per heavy atom. The van der Waals surface area contributed by atoms with Crippen LogP contribution in [0.1, 0.15) is 39.0 Å². The zero-order chi connectivity index (χ0) is 15.4. The number of pyridine rings is 1. The predicted molar refractivity (Wildman–Crippen MR) is 87.9 cm³/mol. The first-order valence-electron chi connectivity index (χ1n) is 8.45. The summed E-state index contributed by atoms with van der Waals surface area (Å²) in [5.41, 5.74) is -0.321. The van der Waals surface area contributed by atoms with E-state index >= 15 is 0 Å². The Labute approximate surface area is 132 Å². The van der Waals surface area contributed by atoms with Crippen molar-refractivity contribution in [3.8, 4) is 0 Å². The van der Waals surface area contributed by atoms with Gasteiger partial charge >= 0.3 is 0 Å². The van der Waals surface area contributed by atoms with E-state index in [9.17, 15) is 4.79 Å². The summed E-state index contributed by atoms with van der Waals surface area (Å²) < 4.78 is 0. The zero-order valence-electron chi connectivity index (χ0n) is 13.3. The Hall–Kier alpha value is -1.62. The molecular formula is C17H26N4O. The van der Waals surface area contributed by atoms with Crippen LogP contribution in [0.3, 0.4) is 0 Å². The summed E-state index contributed by atoms with van der Waals surface area (Å²) in [6, 6.07) is 6.30. The first-order valence-corrected chi connectivity index (χ1v) is 8.45. The van der Waals surface area contributed by atoms with Crippen molar-refractivity contribution in [2.45, 2.75) is 50.6 Å². The number of piperidine rings is 1. The van der Waals surface area contributed by atoms with Gasteiger partial charge in [-0.15, -0.1) is 0 Å². The molecule has 0 bridgehead atoms. The van der Waals surface area contributed by atoms with E-state index in [-0.39, 0.29) is 11.4 Å². The molecule has 2 aliphatic rings. The van der Waals surface area contributed by atoms with Crippen molar-refractivity contribution in [2.75, 3.05) is 24.5 Å². The molecule has 1 aromatic rings. The molecule has 2 fully saturated rings. The molecule has 5 nitrogen and oxygen atoms in total. The van der Waals surface area contributed by atoms with E-state index in [0.717, 1.165) is 57.6 Å². The number of anilines is 1. The van der Waals surface area contributed by atoms with Crippen LogP contribution in [0, 0.1) is 0 Å². The van der Waals surface area contributed by atoms with E-state index in [0.29, 0.717) is 6.04 Å². The van der Waals surface area contributed by atoms with Crippen molar-refractivity contribution < 1.29 is 4.79 Å². The normalized spacial score (nSPS) is 26.1. The van der Waals surface area contributed by atoms with E-state index in [1.807, 2.05) is 24.4 Å². The van der Waals surface area contributed by atoms with Crippen LogP contribution in [0.4, 0.5) is 5.82 Å². The fourth-order valence-corrected chi connectivity index (χ4v) is 3.58. The molecule has 0 saturated carbocycles. The van der Waals surface area contributed by atoms with Crippen LogP contribution in [0.15, 0.2) is 24.4 Å². The molecule has 2 aliphatic heterocycles. The summed E-state index contributed by atoms with van der Waals surface area (Å²) in [4.78, 5) is 19.3. The van der Waals surface area contributed by atoms with Gasteiger partial charge in [0.15, 0.2) is 0 Å². The number of nitrogens with one attached hydrogen (secondary N) is 2. The number of amides is 1. The maximum absolute atomic E-state index is 12.6. The van der Waals surface area contributed by atoms with Gasteiger partial charge in [-0.1, -0.05) is 13.0 Å². The molecule has 3 heterocycles. The Bertz CT molecular complexity index is 491. The van der Waals surface area contributed by atoms with E-state index in [4.69, 9.17) is 0 Å². The molecule has 0 aromatic carbocycles. The standard InChI is InChI=1S/C17H26N4O/c1-2-17(9-5-11-19-17)16(22)20-14-7-12-21(13-8-14)15-6-3-4-10-18-15/h3-4,6,10,14,19H,2,5,7-9,11-13H2,1H3,(H,20,22). The maximum atomic E-state index is 12.6. The van der Waals surface area contributed by atoms with Crippen molar-refractivity contribution in [2.24, 2.45) is 0 Å². The van der Waals surface area contributed by atoms with E-state index < -0.39 is 0 Å². The number of hydrogen-bond acceptors (Lipinski definition) is 4. The highest BCUT2D eigenvalue weighted by atomic mass is 16.2. The van der Waals surface area contributed by atoms with Gasteiger partial charge in [0, 0.05) is 25.3 Å². The lowest BCUT2D eigenvalue weighted by Crippen LogP contribution is -2.56. The number of nitrogens with zero attached hydrogens (tertiary/aromatic N) is 2. The minimum absolute atomic E-state index is 0.198. The Morgan fingerprint density at radius 2 is 2.27 bits per heavy atom. The van der Waals surface area contributed by atoms with E-state index in [1.165, 1.54) is 0 Å². The first-order chi connectivity index (χ1) is 10.7. The lowest BCUT2D eigenvalue weighted by Gasteiger charge is -2.35. The molecule has 2 N–H and O–H groups in total. The summed E-state index contributed by atoms with van der Waals surface area (Å²) >= 11 is 0. The van der Waals surface area contributed by atoms with Crippen molar-refractivity contribution in [3.05, 3.63) is 24.4 Å². The molecule has 22 heavy (non-hydrogen) atoms. The molecule has 1 unspecified atom stereocenters. The first kappa shape index (κ1) is 15.3. The smallest absolute Gasteiger partial charge is 0.240 e. The molecule has 0 spiro atoms. The Morgan fingerprint density at radius 1 is 1.45 bits per heavy atom. The summed E-state index contributed by atoms with van der Waals surface area (Å²) in [5, 5.41) is 6.69. The van der Waals surface area contributed by atoms with Gasteiger partial charge in [-0.2, -0.15) is 0 Å². The average molecular weight is 302 g/mol. The molecule has 1 amide bonds. The van der Waals surface area contributed by atoms with Crippen LogP contribution < -0.4 is 15.5 Å². The van der Waals surface area contributed by atoms with Gasteiger partial charge in [-0.3, -0.25) is 4.79 Å². The maximum Gasteiger partial charge on any atom is 0.240 e. The Kier molecular flexibility index (Phi) is 4.62. The second-order valence-electron chi connectivity index (χ2n) is 6.39. The monoisotopic (exact) mass is 302 g/mol. The lowest BCUT2D eigenvalue weighted by atomic mass is 9.92. The van der Waals surface area contributed by atoms with Crippen LogP contribution in [0.25, 0.3) is 0 Å². The highest BCUT2D eigenvalue weighted by Crippen LogP contribution is 2.24. The molecule has 2 saturated heterocycles. The van der Waals surface area contributed by atoms with Gasteiger partial charge in [0.1, 0.15) is 5.82 Å². The minimum Gasteiger partial charge on any atom is -0.356 e. The van der Waals surface area contributed by atoms with E-state index in [2.05, 4.69) is 27.4 Å². The molecule has 1 aromatic heterocycles. The number of aromatic nitrogens is 1. The fraction of sp³-hybridized carbons (Fsp3) is 0.647. The van der Waals surface area contributed by atoms with Crippen LogP contribution in [0.2, 0.25) is 0 Å². The third-order valence-corrected chi connectivity index (χ3v) is 5.09. The van der Waals surface area contributed by atoms with Crippen molar-refractivity contribution >= 4 is 11.7 Å². The summed E-state index contributed by atoms with van der Waals surface area (Å²) in [7, 11) is 0. The largest absolute Gasteiger partial charge is 0.356 e. The van der Waals surface area contributed by atoms with Crippen molar-refractivity contribution in [1.82, 2.24) is 15.6 Å². The van der Waals surface area contributed by atoms with Crippen LogP contribution in [-0.2, 0) is 4.79 Å². The molecule has 0 radical (unpaired) electrons. The molecule has 1 atom stereocenters. The third kappa shape index (κ3) is 3.09. The van der Waals surface area contributed by atoms with Gasteiger partial charge in [-0.25, -0.2) is 4.98 Å². The molecule has 0 aliphatic carbocycles. The molecule has 3 rings (SSSR count). The quantitative estimate of drug-likeness (QED) is 0.889. The zero-order valence-corrected chi connectivity index (χ0v) is 13.3. The Balaban J connectivity index is 1.53. The van der Waals surface area contributed by atoms with Crippen molar-refractivity contribution in [3.63, 3.8) is 0 Å². The average Bonchev–Trinajstić information content (AvgIpc) is 3.07. The number of rotatable bonds is 4. The summed E-state index contributed by atoms with van der Waals surface area (Å²) in [5.74, 6) is 1.23. The summed E-state index contributed by atoms with van der Waals surface area (Å²) in [6.07, 6.45) is 6.73. The van der Waals surface area contributed by atoms with Crippen molar-refractivity contribution in [1.29, 1.82) is 0 Å². The van der Waals surface area contributed by atoms with Gasteiger partial charge < -0.3 is 15.5 Å². The number of carbonyl (C=O) groups is 1. The molecule has 5 heteroatoms. The third-order valence-electron chi connectivity index (χ3n) is 5.09. The molecular weight excluding hydrogens is 276 g/mol. The van der Waals surface area contributed by atoms with Gasteiger partial charge in [-0.05, 0) is 50.8 Å². The SMILES string of the molecule is CCC1(C(=O)NC2CCN(c3ccccn3)CC2)CCCN1. The lowest BCUT2D eigenvalue weighted by molar-refractivity contribution is -0.128. The number of carbonyl (C=O) groups excluding carboxylic acids is 1. The van der Waals surface area contributed by atoms with Gasteiger partial charge in [0.2, 0.25) is 5.91 Å². The number of hydrogen-bond donors (Lipinski definition) is 2. The second-order valence-corrected chi connectivity index (χ2v) is 6.39. The van der Waals surface area contributed by atoms with Crippen LogP contribution in [0.5, 0.6) is 0 Å². The fourth-order valence-electron chi connectivity index (χ4n) is 3.58. The van der Waals surface area contributed by atoms with E-state index in [1.54, 1.807) is 0 Å². The minimum atomic E-state index is -0.321. The van der Waals surface area contributed by atoms with Crippen LogP contribution in [-0.4, -0.2) is 42.1 Å². The van der Waals surface area contributed by atoms with Gasteiger partial charge in [0.25, 0.3) is 0 Å². The second kappa shape index (κ2) is 6.65. The predicted octanol–water partition coefficient (Wildman–Crippen LogP) is 1.70. The summed E-state index contributed by atoms with van der Waals surface area (Å²) in [6.45, 7) is 4.96. The topological polar surface area (TPSA) is 57.3 Å².